The number of unbranched alkanes of at least 4 members (excludes halogenated alkanes) is 2. The Hall–Kier alpha value is -1.89. The van der Waals surface area contributed by atoms with Crippen molar-refractivity contribution >= 4 is 34.5 Å². The van der Waals surface area contributed by atoms with Crippen molar-refractivity contribution in [3.05, 3.63) is 24.3 Å². The number of fused-ring (bicyclic) bond motifs is 1. The number of hydrogen-bond donors (Lipinski definition) is 1. The van der Waals surface area contributed by atoms with Crippen molar-refractivity contribution in [1.82, 2.24) is 4.90 Å². The summed E-state index contributed by atoms with van der Waals surface area (Å²) in [4.78, 5) is 26.0. The van der Waals surface area contributed by atoms with Gasteiger partial charge in [0.15, 0.2) is 5.17 Å². The van der Waals surface area contributed by atoms with Crippen LogP contribution in [0.3, 0.4) is 0 Å². The molecule has 0 aromatic rings. The molecule has 1 saturated heterocycles. The van der Waals surface area contributed by atoms with Crippen molar-refractivity contribution in [2.45, 2.75) is 25.7 Å². The standard InChI is InChI=1S/C16H20N4O2S/c17-16-19-18-11(10-23-16)6-2-1-5-9-20-14(21)12-7-3-4-8-13(12)15(20)22/h3-4,7-8,12-13H,1-2,5-6,9-10H2,(H2,17,19). The lowest BCUT2D eigenvalue weighted by atomic mass is 9.91. The fourth-order valence-corrected chi connectivity index (χ4v) is 3.62. The highest BCUT2D eigenvalue weighted by atomic mass is 32.2. The smallest absolute Gasteiger partial charge is 0.237 e. The number of carbonyl (C=O) groups is 2. The van der Waals surface area contributed by atoms with Gasteiger partial charge in [0.2, 0.25) is 11.8 Å². The summed E-state index contributed by atoms with van der Waals surface area (Å²) in [5.74, 6) is 0.117. The third-order valence-corrected chi connectivity index (χ3v) is 5.12. The normalized spacial score (nSPS) is 26.3. The van der Waals surface area contributed by atoms with E-state index < -0.39 is 0 Å². The van der Waals surface area contributed by atoms with Crippen LogP contribution in [0.1, 0.15) is 25.7 Å². The first kappa shape index (κ1) is 16.0. The molecule has 2 atom stereocenters. The van der Waals surface area contributed by atoms with Crippen LogP contribution in [-0.2, 0) is 9.59 Å². The van der Waals surface area contributed by atoms with Crippen molar-refractivity contribution in [3.8, 4) is 0 Å². The van der Waals surface area contributed by atoms with Crippen LogP contribution in [-0.4, -0.2) is 39.9 Å². The Morgan fingerprint density at radius 1 is 1.09 bits per heavy atom. The van der Waals surface area contributed by atoms with Crippen LogP contribution < -0.4 is 5.73 Å². The molecule has 0 aromatic heterocycles. The summed E-state index contributed by atoms with van der Waals surface area (Å²) in [6, 6.07) is 0. The zero-order valence-corrected chi connectivity index (χ0v) is 13.7. The Labute approximate surface area is 139 Å². The van der Waals surface area contributed by atoms with E-state index in [1.165, 1.54) is 16.7 Å². The Kier molecular flexibility index (Phi) is 4.95. The Bertz CT molecular complexity index is 594. The fourth-order valence-electron chi connectivity index (χ4n) is 3.00. The summed E-state index contributed by atoms with van der Waals surface area (Å²) >= 11 is 1.51. The molecule has 7 heteroatoms. The third-order valence-electron chi connectivity index (χ3n) is 4.26. The van der Waals surface area contributed by atoms with E-state index in [0.717, 1.165) is 37.1 Å². The monoisotopic (exact) mass is 332 g/mol. The second-order valence-corrected chi connectivity index (χ2v) is 6.85. The van der Waals surface area contributed by atoms with Crippen LogP contribution in [0.25, 0.3) is 0 Å². The maximum Gasteiger partial charge on any atom is 0.237 e. The van der Waals surface area contributed by atoms with Gasteiger partial charge in [-0.3, -0.25) is 14.5 Å². The lowest BCUT2D eigenvalue weighted by Gasteiger charge is -2.14. The molecule has 2 heterocycles. The predicted molar refractivity (Wildman–Crippen MR) is 92.0 cm³/mol. The number of imide groups is 1. The summed E-state index contributed by atoms with van der Waals surface area (Å²) in [6.45, 7) is 0.513. The van der Waals surface area contributed by atoms with E-state index in [9.17, 15) is 9.59 Å². The molecule has 0 radical (unpaired) electrons. The number of nitrogens with two attached hydrogens (primary N) is 1. The van der Waals surface area contributed by atoms with Crippen LogP contribution in [0.2, 0.25) is 0 Å². The molecule has 0 saturated carbocycles. The lowest BCUT2D eigenvalue weighted by molar-refractivity contribution is -0.139. The number of allylic oxidation sites excluding steroid dienone is 2. The molecule has 122 valence electrons. The predicted octanol–water partition coefficient (Wildman–Crippen LogP) is 1.69. The maximum atomic E-state index is 12.3. The third kappa shape index (κ3) is 3.55. The second-order valence-electron chi connectivity index (χ2n) is 5.85. The van der Waals surface area contributed by atoms with Gasteiger partial charge < -0.3 is 5.73 Å². The highest BCUT2D eigenvalue weighted by Gasteiger charge is 2.44. The van der Waals surface area contributed by atoms with Gasteiger partial charge in [-0.15, -0.1) is 5.10 Å². The van der Waals surface area contributed by atoms with Crippen molar-refractivity contribution in [1.29, 1.82) is 0 Å². The highest BCUT2D eigenvalue weighted by Crippen LogP contribution is 2.31. The van der Waals surface area contributed by atoms with Gasteiger partial charge in [-0.1, -0.05) is 42.5 Å². The minimum absolute atomic E-state index is 0.0570. The van der Waals surface area contributed by atoms with Gasteiger partial charge in [-0.05, 0) is 19.3 Å². The number of thioether (sulfide) groups is 1. The summed E-state index contributed by atoms with van der Waals surface area (Å²) < 4.78 is 0. The minimum atomic E-state index is -0.288. The lowest BCUT2D eigenvalue weighted by Crippen LogP contribution is -2.31. The maximum absolute atomic E-state index is 12.3. The molecule has 6 nitrogen and oxygen atoms in total. The van der Waals surface area contributed by atoms with E-state index in [4.69, 9.17) is 5.73 Å². The van der Waals surface area contributed by atoms with Crippen LogP contribution in [0.15, 0.2) is 34.5 Å². The van der Waals surface area contributed by atoms with Crippen molar-refractivity contribution in [2.75, 3.05) is 12.3 Å². The van der Waals surface area contributed by atoms with E-state index in [1.807, 2.05) is 24.3 Å². The first-order valence-electron chi connectivity index (χ1n) is 7.88. The summed E-state index contributed by atoms with van der Waals surface area (Å²) in [6.07, 6.45) is 11.0. The molecule has 3 rings (SSSR count). The molecule has 2 unspecified atom stereocenters. The number of hydrogen-bond acceptors (Lipinski definition) is 6. The topological polar surface area (TPSA) is 88.1 Å². The first-order valence-corrected chi connectivity index (χ1v) is 8.87. The van der Waals surface area contributed by atoms with Gasteiger partial charge in [0.25, 0.3) is 0 Å². The zero-order chi connectivity index (χ0) is 16.2. The van der Waals surface area contributed by atoms with Gasteiger partial charge in [-0.25, -0.2) is 0 Å². The van der Waals surface area contributed by atoms with E-state index in [1.54, 1.807) is 0 Å². The average Bonchev–Trinajstić information content (AvgIpc) is 2.81. The van der Waals surface area contributed by atoms with E-state index >= 15 is 0 Å². The van der Waals surface area contributed by atoms with Gasteiger partial charge in [0, 0.05) is 12.3 Å². The summed E-state index contributed by atoms with van der Waals surface area (Å²) in [5.41, 5.74) is 6.60. The number of amidine groups is 1. The van der Waals surface area contributed by atoms with Gasteiger partial charge in [-0.2, -0.15) is 5.10 Å². The number of likely N-dealkylation sites (tertiary alicyclic amines) is 1. The van der Waals surface area contributed by atoms with Crippen molar-refractivity contribution in [2.24, 2.45) is 27.8 Å². The van der Waals surface area contributed by atoms with Crippen LogP contribution in [0.4, 0.5) is 0 Å². The van der Waals surface area contributed by atoms with Crippen LogP contribution in [0.5, 0.6) is 0 Å². The van der Waals surface area contributed by atoms with Gasteiger partial charge in [0.1, 0.15) is 0 Å². The quantitative estimate of drug-likeness (QED) is 0.592. The second kappa shape index (κ2) is 7.12. The molecule has 1 fully saturated rings. The van der Waals surface area contributed by atoms with E-state index in [2.05, 4.69) is 10.2 Å². The SMILES string of the molecule is NC1=NN=C(CCCCCN2C(=O)C3C=CC=CC3C2=O)CS1. The molecule has 3 aliphatic rings. The van der Waals surface area contributed by atoms with Gasteiger partial charge in [0.05, 0.1) is 17.5 Å². The minimum Gasteiger partial charge on any atom is -0.377 e. The molecule has 23 heavy (non-hydrogen) atoms. The molecule has 0 bridgehead atoms. The zero-order valence-electron chi connectivity index (χ0n) is 12.9. The van der Waals surface area contributed by atoms with Crippen molar-refractivity contribution < 1.29 is 9.59 Å². The van der Waals surface area contributed by atoms with Crippen LogP contribution >= 0.6 is 11.8 Å². The summed E-state index contributed by atoms with van der Waals surface area (Å²) in [5, 5.41) is 8.47. The Morgan fingerprint density at radius 3 is 2.39 bits per heavy atom. The molecular formula is C16H20N4O2S. The molecule has 2 N–H and O–H groups in total. The molecule has 0 spiro atoms. The number of carbonyl (C=O) groups excluding carboxylic acids is 2. The number of nitrogens with zero attached hydrogens (tertiary/aromatic N) is 3. The van der Waals surface area contributed by atoms with E-state index in [-0.39, 0.29) is 23.7 Å². The summed E-state index contributed by atoms with van der Waals surface area (Å²) in [7, 11) is 0. The number of amides is 2. The molecule has 0 aromatic carbocycles. The molecule has 2 aliphatic heterocycles. The molecule has 1 aliphatic carbocycles. The van der Waals surface area contributed by atoms with Crippen molar-refractivity contribution in [3.63, 3.8) is 0 Å². The van der Waals surface area contributed by atoms with E-state index in [0.29, 0.717) is 11.7 Å². The Balaban J connectivity index is 1.41. The first-order chi connectivity index (χ1) is 11.2. The number of rotatable bonds is 6. The Morgan fingerprint density at radius 2 is 1.78 bits per heavy atom. The molecular weight excluding hydrogens is 312 g/mol. The highest BCUT2D eigenvalue weighted by molar-refractivity contribution is 8.14. The molecule has 2 amide bonds. The fraction of sp³-hybridized carbons (Fsp3) is 0.500. The van der Waals surface area contributed by atoms with Crippen LogP contribution in [0, 0.1) is 11.8 Å². The van der Waals surface area contributed by atoms with Gasteiger partial charge >= 0.3 is 0 Å². The largest absolute Gasteiger partial charge is 0.377 e. The average molecular weight is 332 g/mol.